The van der Waals surface area contributed by atoms with Crippen molar-refractivity contribution in [2.75, 3.05) is 0 Å². The molecular weight excluding hydrogens is 488 g/mol. The lowest BCUT2D eigenvalue weighted by Gasteiger charge is -2.77. The second-order valence-corrected chi connectivity index (χ2v) is 13.9. The third-order valence-corrected chi connectivity index (χ3v) is 13.3. The van der Waals surface area contributed by atoms with Crippen LogP contribution in [0.15, 0.2) is 22.3 Å². The van der Waals surface area contributed by atoms with E-state index >= 15 is 0 Å². The number of hydrogen-bond donors (Lipinski definition) is 0. The summed E-state index contributed by atoms with van der Waals surface area (Å²) < 4.78 is 25.4. The van der Waals surface area contributed by atoms with E-state index in [9.17, 15) is 19.2 Å². The van der Waals surface area contributed by atoms with Gasteiger partial charge in [-0.15, -0.1) is 0 Å². The summed E-state index contributed by atoms with van der Waals surface area (Å²) in [6.07, 6.45) is 3.99. The van der Waals surface area contributed by atoms with Crippen molar-refractivity contribution >= 4 is 23.9 Å². The standard InChI is InChI=1S/C30H32O8/c1-11-17-21-27(3)13(7-5-9-15(27)25(33)35-21)19-20-14-8-6-10-16-26(34)36-22(28(14,16)4)18-12(2)24(32)38-30(18,20)29(17,19)37-23(11)31/h13-16,19-22H,5-10H2,1-4H3. The van der Waals surface area contributed by atoms with Crippen molar-refractivity contribution in [2.24, 2.45) is 46.3 Å². The molecule has 5 saturated carbocycles. The topological polar surface area (TPSA) is 105 Å². The molecule has 0 N–H and O–H groups in total. The molecule has 7 fully saturated rings. The second-order valence-electron chi connectivity index (χ2n) is 13.9. The molecule has 8 heteroatoms. The van der Waals surface area contributed by atoms with Crippen LogP contribution in [-0.4, -0.2) is 47.3 Å². The number of rotatable bonds is 0. The van der Waals surface area contributed by atoms with E-state index in [1.165, 1.54) is 0 Å². The first-order valence-electron chi connectivity index (χ1n) is 14.4. The molecule has 2 saturated heterocycles. The number of ether oxygens (including phenoxy) is 4. The molecule has 5 aliphatic carbocycles. The first kappa shape index (κ1) is 22.2. The van der Waals surface area contributed by atoms with E-state index in [1.54, 1.807) is 13.8 Å². The zero-order valence-electron chi connectivity index (χ0n) is 22.1. The number of carbonyl (C=O) groups excluding carboxylic acids is 4. The molecule has 0 bridgehead atoms. The number of fused-ring (bicyclic) bond motifs is 5. The molecule has 0 aromatic heterocycles. The van der Waals surface area contributed by atoms with E-state index in [1.807, 2.05) is 0 Å². The first-order valence-corrected chi connectivity index (χ1v) is 14.4. The highest BCUT2D eigenvalue weighted by Gasteiger charge is 2.94. The smallest absolute Gasteiger partial charge is 0.335 e. The Hall–Kier alpha value is -2.64. The Labute approximate surface area is 220 Å². The Morgan fingerprint density at radius 2 is 1.03 bits per heavy atom. The van der Waals surface area contributed by atoms with Crippen LogP contribution in [0.3, 0.4) is 0 Å². The minimum Gasteiger partial charge on any atom is -0.457 e. The molecule has 0 amide bonds. The van der Waals surface area contributed by atoms with E-state index in [0.717, 1.165) is 38.5 Å². The molecule has 38 heavy (non-hydrogen) atoms. The summed E-state index contributed by atoms with van der Waals surface area (Å²) in [5, 5.41) is 0. The molecule has 0 aromatic carbocycles. The number of esters is 4. The van der Waals surface area contributed by atoms with Crippen LogP contribution in [0.1, 0.15) is 66.2 Å². The SMILES string of the molecule is CC1=C2C3OC(=O)C4CCCC(C5C6C7CCCC8C(=O)OC(C9=C(C)C(=O)OC96C25OC1=O)C87C)C43C. The third-order valence-electron chi connectivity index (χ3n) is 13.3. The number of carbonyl (C=O) groups is 4. The van der Waals surface area contributed by atoms with Gasteiger partial charge in [0.25, 0.3) is 0 Å². The summed E-state index contributed by atoms with van der Waals surface area (Å²) >= 11 is 0. The number of hydrogen-bond acceptors (Lipinski definition) is 8. The molecule has 12 atom stereocenters. The van der Waals surface area contributed by atoms with Gasteiger partial charge in [0.15, 0.2) is 11.2 Å². The van der Waals surface area contributed by atoms with Gasteiger partial charge in [0.2, 0.25) is 0 Å². The van der Waals surface area contributed by atoms with Crippen molar-refractivity contribution in [2.45, 2.75) is 89.6 Å². The lowest BCUT2D eigenvalue weighted by molar-refractivity contribution is -0.346. The highest BCUT2D eigenvalue weighted by atomic mass is 16.6. The van der Waals surface area contributed by atoms with Crippen LogP contribution in [-0.2, 0) is 38.1 Å². The van der Waals surface area contributed by atoms with E-state index in [0.29, 0.717) is 22.3 Å². The van der Waals surface area contributed by atoms with Gasteiger partial charge < -0.3 is 18.9 Å². The predicted octanol–water partition coefficient (Wildman–Crippen LogP) is 3.18. The summed E-state index contributed by atoms with van der Waals surface area (Å²) in [6, 6.07) is 0. The molecule has 4 aliphatic heterocycles. The van der Waals surface area contributed by atoms with Gasteiger partial charge in [-0.25, -0.2) is 9.59 Å². The zero-order chi connectivity index (χ0) is 26.3. The van der Waals surface area contributed by atoms with Gasteiger partial charge in [-0.1, -0.05) is 26.7 Å². The fourth-order valence-corrected chi connectivity index (χ4v) is 12.0. The van der Waals surface area contributed by atoms with Gasteiger partial charge in [0.1, 0.15) is 12.2 Å². The van der Waals surface area contributed by atoms with Crippen molar-refractivity contribution in [1.82, 2.24) is 0 Å². The Balaban J connectivity index is 1.37. The molecule has 4 heterocycles. The zero-order valence-corrected chi connectivity index (χ0v) is 22.1. The van der Waals surface area contributed by atoms with Crippen molar-refractivity contribution in [3.63, 3.8) is 0 Å². The van der Waals surface area contributed by atoms with Crippen LogP contribution in [0.25, 0.3) is 0 Å². The van der Waals surface area contributed by atoms with Crippen LogP contribution in [0.4, 0.5) is 0 Å². The first-order chi connectivity index (χ1) is 18.1. The minimum absolute atomic E-state index is 0.0650. The van der Waals surface area contributed by atoms with E-state index in [2.05, 4.69) is 13.8 Å². The molecule has 0 aromatic rings. The van der Waals surface area contributed by atoms with E-state index in [4.69, 9.17) is 18.9 Å². The quantitative estimate of drug-likeness (QED) is 0.354. The van der Waals surface area contributed by atoms with Crippen molar-refractivity contribution in [1.29, 1.82) is 0 Å². The monoisotopic (exact) mass is 520 g/mol. The lowest BCUT2D eigenvalue weighted by Crippen LogP contribution is -2.87. The molecule has 12 unspecified atom stereocenters. The van der Waals surface area contributed by atoms with Crippen molar-refractivity contribution in [3.8, 4) is 0 Å². The minimum atomic E-state index is -1.23. The van der Waals surface area contributed by atoms with Crippen LogP contribution < -0.4 is 0 Å². The van der Waals surface area contributed by atoms with Gasteiger partial charge in [0.05, 0.1) is 11.8 Å². The molecule has 2 spiro atoms. The van der Waals surface area contributed by atoms with E-state index < -0.39 is 46.2 Å². The second kappa shape index (κ2) is 6.07. The molecule has 200 valence electrons. The predicted molar refractivity (Wildman–Crippen MR) is 128 cm³/mol. The summed E-state index contributed by atoms with van der Waals surface area (Å²) in [5.74, 6) is -1.80. The highest BCUT2D eigenvalue weighted by molar-refractivity contribution is 5.99. The summed E-state index contributed by atoms with van der Waals surface area (Å²) in [5.41, 5.74) is -1.05. The summed E-state index contributed by atoms with van der Waals surface area (Å²) in [4.78, 5) is 53.6. The summed E-state index contributed by atoms with van der Waals surface area (Å²) in [6.45, 7) is 7.87. The molecule has 9 aliphatic rings. The Bertz CT molecular complexity index is 1290. The summed E-state index contributed by atoms with van der Waals surface area (Å²) in [7, 11) is 0. The van der Waals surface area contributed by atoms with Crippen molar-refractivity contribution in [3.05, 3.63) is 22.3 Å². The van der Waals surface area contributed by atoms with Gasteiger partial charge in [-0.05, 0) is 51.4 Å². The normalized spacial score (nSPS) is 56.5. The van der Waals surface area contributed by atoms with Crippen molar-refractivity contribution < 1.29 is 38.1 Å². The maximum absolute atomic E-state index is 13.5. The lowest BCUT2D eigenvalue weighted by atomic mass is 9.28. The van der Waals surface area contributed by atoms with Crippen LogP contribution >= 0.6 is 0 Å². The Morgan fingerprint density at radius 1 is 0.632 bits per heavy atom. The Kier molecular flexibility index (Phi) is 3.55. The average molecular weight is 521 g/mol. The fraction of sp³-hybridized carbons (Fsp3) is 0.733. The maximum atomic E-state index is 13.5. The van der Waals surface area contributed by atoms with Crippen LogP contribution in [0, 0.1) is 46.3 Å². The van der Waals surface area contributed by atoms with Crippen LogP contribution in [0.5, 0.6) is 0 Å². The largest absolute Gasteiger partial charge is 0.457 e. The fourth-order valence-electron chi connectivity index (χ4n) is 12.0. The van der Waals surface area contributed by atoms with Gasteiger partial charge >= 0.3 is 23.9 Å². The maximum Gasteiger partial charge on any atom is 0.335 e. The molecule has 9 rings (SSSR count). The van der Waals surface area contributed by atoms with Gasteiger partial charge in [-0.3, -0.25) is 9.59 Å². The highest BCUT2D eigenvalue weighted by Crippen LogP contribution is 2.84. The Morgan fingerprint density at radius 3 is 1.42 bits per heavy atom. The average Bonchev–Trinajstić information content (AvgIpc) is 3.50. The third kappa shape index (κ3) is 1.77. The molecule has 8 nitrogen and oxygen atoms in total. The van der Waals surface area contributed by atoms with Gasteiger partial charge in [-0.2, -0.15) is 0 Å². The van der Waals surface area contributed by atoms with Gasteiger partial charge in [0, 0.05) is 45.0 Å². The molecular formula is C30H32O8. The van der Waals surface area contributed by atoms with Crippen LogP contribution in [0.2, 0.25) is 0 Å². The van der Waals surface area contributed by atoms with E-state index in [-0.39, 0.29) is 47.4 Å². The molecule has 0 radical (unpaired) electrons.